The van der Waals surface area contributed by atoms with Crippen LogP contribution >= 0.6 is 7.82 Å². The zero-order valence-corrected chi connectivity index (χ0v) is 58.3. The third-order valence-corrected chi connectivity index (χ3v) is 17.7. The van der Waals surface area contributed by atoms with E-state index in [0.29, 0.717) is 23.9 Å². The fraction of sp³-hybridized carbons (Fsp3) is 0.867. The lowest BCUT2D eigenvalue weighted by Gasteiger charge is -2.27. The molecule has 0 radical (unpaired) electrons. The second-order valence-electron chi connectivity index (χ2n) is 26.5. The first-order valence-electron chi connectivity index (χ1n) is 37.0. The molecule has 0 aromatic heterocycles. The van der Waals surface area contributed by atoms with Crippen molar-refractivity contribution in [2.75, 3.05) is 40.9 Å². The number of hydrogen-bond acceptors (Lipinski definition) is 6. The number of amides is 1. The van der Waals surface area contributed by atoms with E-state index in [0.717, 1.165) is 64.2 Å². The van der Waals surface area contributed by atoms with Crippen molar-refractivity contribution in [1.82, 2.24) is 5.32 Å². The third kappa shape index (κ3) is 66.2. The van der Waals surface area contributed by atoms with Crippen LogP contribution in [0.25, 0.3) is 0 Å². The van der Waals surface area contributed by atoms with Crippen molar-refractivity contribution in [1.29, 1.82) is 0 Å². The quantitative estimate of drug-likeness (QED) is 0.0205. The summed E-state index contributed by atoms with van der Waals surface area (Å²) in [6, 6.07) is -0.849. The van der Waals surface area contributed by atoms with Gasteiger partial charge in [0.1, 0.15) is 19.3 Å². The van der Waals surface area contributed by atoms with Crippen molar-refractivity contribution < 1.29 is 37.3 Å². The lowest BCUT2D eigenvalue weighted by Crippen LogP contribution is -2.47. The van der Waals surface area contributed by atoms with Crippen LogP contribution in [0.4, 0.5) is 0 Å². The van der Waals surface area contributed by atoms with E-state index in [2.05, 4.69) is 68.6 Å². The lowest BCUT2D eigenvalue weighted by molar-refractivity contribution is -0.870. The summed E-state index contributed by atoms with van der Waals surface area (Å²) in [6.07, 6.45) is 82.7. The van der Waals surface area contributed by atoms with Crippen LogP contribution in [-0.4, -0.2) is 74.3 Å². The maximum Gasteiger partial charge on any atom is 0.472 e. The van der Waals surface area contributed by atoms with Gasteiger partial charge < -0.3 is 19.4 Å². The molecule has 0 rings (SSSR count). The minimum absolute atomic E-state index is 0.0415. The number of esters is 1. The molecule has 0 saturated heterocycles. The summed E-state index contributed by atoms with van der Waals surface area (Å²) < 4.78 is 30.9. The smallest absolute Gasteiger partial charge is 0.456 e. The van der Waals surface area contributed by atoms with Crippen LogP contribution < -0.4 is 5.32 Å². The van der Waals surface area contributed by atoms with Crippen molar-refractivity contribution in [2.45, 2.75) is 380 Å². The number of quaternary nitrogens is 1. The van der Waals surface area contributed by atoms with Crippen LogP contribution in [0, 0.1) is 0 Å². The summed E-state index contributed by atoms with van der Waals surface area (Å²) in [5.74, 6) is -0.489. The largest absolute Gasteiger partial charge is 0.472 e. The molecule has 500 valence electrons. The van der Waals surface area contributed by atoms with Gasteiger partial charge in [-0.25, -0.2) is 4.57 Å². The molecule has 0 aromatic rings. The fourth-order valence-electron chi connectivity index (χ4n) is 11.0. The van der Waals surface area contributed by atoms with Crippen molar-refractivity contribution in [2.24, 2.45) is 0 Å². The normalized spacial score (nSPS) is 13.7. The standard InChI is InChI=1S/C75H143N2O7P/c1-7-10-13-16-19-22-25-28-30-32-34-36-37-38-39-41-43-45-47-50-53-56-59-62-65-68-75(79)84-73(66-63-60-57-54-51-48-27-24-21-18-15-12-9-3)72(71-83-85(80,81)82-70-69-77(4,5)6)76-74(78)67-64-61-58-55-52-49-46-44-42-40-35-33-31-29-26-23-20-17-14-11-8-2/h20,23,28-31,63,66,72-73H,7-19,21-22,24-27,32-62,64-65,67-71H2,1-6H3,(H-,76,78,80,81)/p+1/b23-20-,30-28+,31-29-,66-63+. The van der Waals surface area contributed by atoms with Crippen LogP contribution in [0.1, 0.15) is 367 Å². The SMILES string of the molecule is CCCCC/C=C\C/C=C\CCCCCCCCCCCCCC(=O)NC(COP(=O)(O)OCC[N+](C)(C)C)C(/C=C/CCCCCCCCCCCCC)OC(=O)CCCCCCCCCCCCCCCCC/C=C/CCCCCCCC. The number of nitrogens with one attached hydrogen (secondary N) is 1. The highest BCUT2D eigenvalue weighted by atomic mass is 31.2. The maximum atomic E-state index is 13.6. The number of phosphoric ester groups is 1. The number of hydrogen-bond donors (Lipinski definition) is 2. The summed E-state index contributed by atoms with van der Waals surface area (Å²) >= 11 is 0. The van der Waals surface area contributed by atoms with Gasteiger partial charge in [0.15, 0.2) is 0 Å². The van der Waals surface area contributed by atoms with Crippen molar-refractivity contribution >= 4 is 19.7 Å². The number of allylic oxidation sites excluding steroid dienone is 7. The van der Waals surface area contributed by atoms with Crippen LogP contribution in [0.5, 0.6) is 0 Å². The number of carbonyl (C=O) groups excluding carboxylic acids is 2. The Hall–Kier alpha value is -2.03. The molecule has 1 amide bonds. The van der Waals surface area contributed by atoms with Crippen LogP contribution in [0.3, 0.4) is 0 Å². The lowest BCUT2D eigenvalue weighted by atomic mass is 10.0. The number of rotatable bonds is 68. The Labute approximate surface area is 529 Å². The first-order chi connectivity index (χ1) is 41.4. The Morgan fingerprint density at radius 3 is 1.09 bits per heavy atom. The fourth-order valence-corrected chi connectivity index (χ4v) is 11.8. The Bertz CT molecular complexity index is 1590. The molecule has 0 saturated carbocycles. The van der Waals surface area contributed by atoms with Gasteiger partial charge in [-0.15, -0.1) is 0 Å². The Kier molecular flexibility index (Phi) is 63.4. The summed E-state index contributed by atoms with van der Waals surface area (Å²) in [5.41, 5.74) is 0. The van der Waals surface area contributed by atoms with E-state index in [1.807, 2.05) is 27.2 Å². The molecular weight excluding hydrogens is 1070 g/mol. The van der Waals surface area contributed by atoms with Gasteiger partial charge in [-0.05, 0) is 89.5 Å². The zero-order chi connectivity index (χ0) is 62.1. The summed E-state index contributed by atoms with van der Waals surface area (Å²) in [4.78, 5) is 38.0. The van der Waals surface area contributed by atoms with Gasteiger partial charge in [0.05, 0.1) is 33.8 Å². The number of carbonyl (C=O) groups is 2. The van der Waals surface area contributed by atoms with E-state index in [4.69, 9.17) is 13.8 Å². The highest BCUT2D eigenvalue weighted by Crippen LogP contribution is 2.43. The molecule has 10 heteroatoms. The molecule has 3 unspecified atom stereocenters. The monoisotopic (exact) mass is 1220 g/mol. The number of nitrogens with zero attached hydrogens (tertiary/aromatic N) is 1. The van der Waals surface area contributed by atoms with E-state index in [1.165, 1.54) is 270 Å². The minimum atomic E-state index is -4.45. The van der Waals surface area contributed by atoms with Gasteiger partial charge in [-0.2, -0.15) is 0 Å². The second-order valence-corrected chi connectivity index (χ2v) is 27.9. The van der Waals surface area contributed by atoms with E-state index in [9.17, 15) is 19.0 Å². The highest BCUT2D eigenvalue weighted by molar-refractivity contribution is 7.47. The van der Waals surface area contributed by atoms with Gasteiger partial charge in [0.25, 0.3) is 0 Å². The molecule has 0 aliphatic carbocycles. The van der Waals surface area contributed by atoms with Gasteiger partial charge in [0.2, 0.25) is 5.91 Å². The molecule has 0 spiro atoms. The third-order valence-electron chi connectivity index (χ3n) is 16.7. The van der Waals surface area contributed by atoms with Crippen LogP contribution in [0.2, 0.25) is 0 Å². The Morgan fingerprint density at radius 1 is 0.412 bits per heavy atom. The number of phosphoric acid groups is 1. The number of likely N-dealkylation sites (N-methyl/N-ethyl adjacent to an activating group) is 1. The highest BCUT2D eigenvalue weighted by Gasteiger charge is 2.30. The van der Waals surface area contributed by atoms with Crippen molar-refractivity contribution in [3.63, 3.8) is 0 Å². The maximum absolute atomic E-state index is 13.6. The van der Waals surface area contributed by atoms with Gasteiger partial charge in [-0.3, -0.25) is 18.6 Å². The Balaban J connectivity index is 5.04. The van der Waals surface area contributed by atoms with E-state index >= 15 is 0 Å². The predicted octanol–water partition coefficient (Wildman–Crippen LogP) is 23.6. The zero-order valence-electron chi connectivity index (χ0n) is 57.4. The topological polar surface area (TPSA) is 111 Å². The molecule has 3 atom stereocenters. The molecule has 0 aliphatic rings. The number of unbranched alkanes of at least 4 members (excludes halogenated alkanes) is 46. The molecule has 2 N–H and O–H groups in total. The van der Waals surface area contributed by atoms with E-state index < -0.39 is 20.0 Å². The van der Waals surface area contributed by atoms with Crippen molar-refractivity contribution in [3.05, 3.63) is 48.6 Å². The minimum Gasteiger partial charge on any atom is -0.456 e. The summed E-state index contributed by atoms with van der Waals surface area (Å²) in [6.45, 7) is 7.04. The van der Waals surface area contributed by atoms with Crippen molar-refractivity contribution in [3.8, 4) is 0 Å². The first-order valence-corrected chi connectivity index (χ1v) is 38.5. The number of ether oxygens (including phenoxy) is 1. The van der Waals surface area contributed by atoms with Gasteiger partial charge in [0, 0.05) is 12.8 Å². The van der Waals surface area contributed by atoms with Gasteiger partial charge >= 0.3 is 13.8 Å². The summed E-state index contributed by atoms with van der Waals surface area (Å²) in [7, 11) is 1.51. The molecule has 0 aliphatic heterocycles. The van der Waals surface area contributed by atoms with Gasteiger partial charge in [-0.1, -0.05) is 314 Å². The van der Waals surface area contributed by atoms with E-state index in [-0.39, 0.29) is 25.1 Å². The first kappa shape index (κ1) is 83.0. The molecule has 0 aromatic carbocycles. The molecule has 0 bridgehead atoms. The molecular formula is C75H144N2O7P+. The predicted molar refractivity (Wildman–Crippen MR) is 369 cm³/mol. The Morgan fingerprint density at radius 2 is 0.718 bits per heavy atom. The van der Waals surface area contributed by atoms with Crippen LogP contribution in [0.15, 0.2) is 48.6 Å². The van der Waals surface area contributed by atoms with E-state index in [1.54, 1.807) is 0 Å². The average Bonchev–Trinajstić information content (AvgIpc) is 3.50. The molecule has 0 heterocycles. The van der Waals surface area contributed by atoms with Crippen LogP contribution in [-0.2, 0) is 27.9 Å². The molecule has 9 nitrogen and oxygen atoms in total. The second kappa shape index (κ2) is 64.9. The molecule has 85 heavy (non-hydrogen) atoms. The summed E-state index contributed by atoms with van der Waals surface area (Å²) in [5, 5.41) is 3.08. The average molecular weight is 1220 g/mol. The molecule has 0 fully saturated rings.